The Morgan fingerprint density at radius 1 is 1.11 bits per heavy atom. The van der Waals surface area contributed by atoms with Gasteiger partial charge in [-0.15, -0.1) is 0 Å². The van der Waals surface area contributed by atoms with E-state index in [1.54, 1.807) is 62.7 Å². The van der Waals surface area contributed by atoms with Crippen molar-refractivity contribution in [3.63, 3.8) is 0 Å². The molecule has 0 spiro atoms. The van der Waals surface area contributed by atoms with E-state index in [2.05, 4.69) is 5.32 Å². The van der Waals surface area contributed by atoms with E-state index in [0.29, 0.717) is 27.6 Å². The largest absolute Gasteiger partial charge is 0.497 e. The van der Waals surface area contributed by atoms with Gasteiger partial charge >= 0.3 is 0 Å². The minimum atomic E-state index is -0.729. The first-order valence-corrected chi connectivity index (χ1v) is 8.65. The number of nitrogens with one attached hydrogen (secondary N) is 1. The van der Waals surface area contributed by atoms with Crippen LogP contribution in [-0.2, 0) is 4.79 Å². The van der Waals surface area contributed by atoms with Gasteiger partial charge in [0, 0.05) is 16.6 Å². The lowest BCUT2D eigenvalue weighted by Gasteiger charge is -2.17. The van der Waals surface area contributed by atoms with Crippen molar-refractivity contribution < 1.29 is 14.3 Å². The second kappa shape index (κ2) is 7.72. The number of methoxy groups -OCH3 is 2. The standard InChI is InChI=1S/C20H19ClN2O4/c1-12(19(24)22-17-11-14(21)4-7-18(17)27-3)23-9-8-13-10-15(26-2)5-6-16(13)20(23)25/h4-12H,1-3H3,(H,22,24). The maximum absolute atomic E-state index is 12.8. The second-order valence-corrected chi connectivity index (χ2v) is 6.43. The van der Waals surface area contributed by atoms with Gasteiger partial charge in [0.15, 0.2) is 0 Å². The average Bonchev–Trinajstić information content (AvgIpc) is 2.67. The number of benzene rings is 2. The van der Waals surface area contributed by atoms with Crippen molar-refractivity contribution in [3.8, 4) is 11.5 Å². The molecule has 3 rings (SSSR count). The van der Waals surface area contributed by atoms with E-state index in [-0.39, 0.29) is 11.5 Å². The normalized spacial score (nSPS) is 11.9. The zero-order valence-electron chi connectivity index (χ0n) is 15.2. The first kappa shape index (κ1) is 18.8. The van der Waals surface area contributed by atoms with Crippen molar-refractivity contribution in [1.82, 2.24) is 4.57 Å². The first-order valence-electron chi connectivity index (χ1n) is 8.28. The number of rotatable bonds is 5. The molecule has 7 heteroatoms. The molecule has 1 aromatic heterocycles. The Morgan fingerprint density at radius 3 is 2.59 bits per heavy atom. The molecule has 27 heavy (non-hydrogen) atoms. The monoisotopic (exact) mass is 386 g/mol. The summed E-state index contributed by atoms with van der Waals surface area (Å²) >= 11 is 6.00. The fourth-order valence-corrected chi connectivity index (χ4v) is 2.99. The van der Waals surface area contributed by atoms with Crippen molar-refractivity contribution in [2.75, 3.05) is 19.5 Å². The van der Waals surface area contributed by atoms with Crippen LogP contribution >= 0.6 is 11.6 Å². The number of halogens is 1. The Kier molecular flexibility index (Phi) is 5.37. The summed E-state index contributed by atoms with van der Waals surface area (Å²) in [7, 11) is 3.07. The molecular weight excluding hydrogens is 368 g/mol. The Morgan fingerprint density at radius 2 is 1.89 bits per heavy atom. The number of anilines is 1. The predicted octanol–water partition coefficient (Wildman–Crippen LogP) is 3.87. The lowest BCUT2D eigenvalue weighted by Crippen LogP contribution is -2.31. The quantitative estimate of drug-likeness (QED) is 0.722. The zero-order chi connectivity index (χ0) is 19.6. The van der Waals surface area contributed by atoms with Crippen LogP contribution in [-0.4, -0.2) is 24.7 Å². The van der Waals surface area contributed by atoms with E-state index in [1.807, 2.05) is 0 Å². The van der Waals surface area contributed by atoms with Gasteiger partial charge in [0.2, 0.25) is 5.91 Å². The molecule has 0 bridgehead atoms. The Labute approximate surface area is 161 Å². The first-order chi connectivity index (χ1) is 12.9. The van der Waals surface area contributed by atoms with Gasteiger partial charge < -0.3 is 19.4 Å². The van der Waals surface area contributed by atoms with Gasteiger partial charge in [0.25, 0.3) is 5.56 Å². The minimum absolute atomic E-state index is 0.254. The Bertz CT molecular complexity index is 1060. The molecule has 3 aromatic rings. The molecule has 0 aliphatic rings. The van der Waals surface area contributed by atoms with E-state index in [4.69, 9.17) is 21.1 Å². The fraction of sp³-hybridized carbons (Fsp3) is 0.200. The van der Waals surface area contributed by atoms with Crippen LogP contribution in [0.15, 0.2) is 53.5 Å². The van der Waals surface area contributed by atoms with Crippen LogP contribution in [0.3, 0.4) is 0 Å². The molecule has 1 N–H and O–H groups in total. The van der Waals surface area contributed by atoms with Crippen molar-refractivity contribution in [1.29, 1.82) is 0 Å². The molecule has 0 aliphatic heterocycles. The topological polar surface area (TPSA) is 69.6 Å². The third-order valence-corrected chi connectivity index (χ3v) is 4.59. The molecule has 0 fully saturated rings. The molecule has 1 amide bonds. The zero-order valence-corrected chi connectivity index (χ0v) is 15.9. The average molecular weight is 387 g/mol. The van der Waals surface area contributed by atoms with E-state index >= 15 is 0 Å². The number of carbonyl (C=O) groups excluding carboxylic acids is 1. The number of hydrogen-bond donors (Lipinski definition) is 1. The fourth-order valence-electron chi connectivity index (χ4n) is 2.81. The SMILES string of the molecule is COc1ccc2c(=O)n(C(C)C(=O)Nc3cc(Cl)ccc3OC)ccc2c1. The van der Waals surface area contributed by atoms with Crippen molar-refractivity contribution in [2.24, 2.45) is 0 Å². The van der Waals surface area contributed by atoms with Gasteiger partial charge in [-0.05, 0) is 54.8 Å². The highest BCUT2D eigenvalue weighted by Crippen LogP contribution is 2.28. The number of carbonyl (C=O) groups is 1. The Balaban J connectivity index is 1.92. The highest BCUT2D eigenvalue weighted by molar-refractivity contribution is 6.31. The third kappa shape index (κ3) is 3.75. The predicted molar refractivity (Wildman–Crippen MR) is 106 cm³/mol. The highest BCUT2D eigenvalue weighted by atomic mass is 35.5. The summed E-state index contributed by atoms with van der Waals surface area (Å²) in [6.07, 6.45) is 1.60. The molecule has 6 nitrogen and oxygen atoms in total. The molecule has 1 atom stereocenters. The molecule has 2 aromatic carbocycles. The number of nitrogens with zero attached hydrogens (tertiary/aromatic N) is 1. The van der Waals surface area contributed by atoms with Gasteiger partial charge in [-0.25, -0.2) is 0 Å². The molecule has 140 valence electrons. The Hall–Kier alpha value is -2.99. The van der Waals surface area contributed by atoms with Crippen molar-refractivity contribution in [3.05, 3.63) is 64.0 Å². The van der Waals surface area contributed by atoms with Crippen LogP contribution in [0.2, 0.25) is 5.02 Å². The van der Waals surface area contributed by atoms with Crippen molar-refractivity contribution in [2.45, 2.75) is 13.0 Å². The van der Waals surface area contributed by atoms with Crippen LogP contribution in [0, 0.1) is 0 Å². The third-order valence-electron chi connectivity index (χ3n) is 4.35. The second-order valence-electron chi connectivity index (χ2n) is 5.99. The number of aromatic nitrogens is 1. The molecule has 0 radical (unpaired) electrons. The van der Waals surface area contributed by atoms with Crippen LogP contribution in [0.5, 0.6) is 11.5 Å². The number of amides is 1. The van der Waals surface area contributed by atoms with Gasteiger partial charge in [-0.3, -0.25) is 9.59 Å². The lowest BCUT2D eigenvalue weighted by molar-refractivity contribution is -0.118. The maximum Gasteiger partial charge on any atom is 0.259 e. The van der Waals surface area contributed by atoms with Crippen molar-refractivity contribution >= 4 is 34.0 Å². The summed E-state index contributed by atoms with van der Waals surface area (Å²) in [6, 6.07) is 11.2. The number of hydrogen-bond acceptors (Lipinski definition) is 4. The molecular formula is C20H19ClN2O4. The summed E-state index contributed by atoms with van der Waals surface area (Å²) < 4.78 is 11.8. The van der Waals surface area contributed by atoms with E-state index in [1.165, 1.54) is 11.7 Å². The summed E-state index contributed by atoms with van der Waals surface area (Å²) in [4.78, 5) is 25.5. The van der Waals surface area contributed by atoms with Crippen LogP contribution < -0.4 is 20.3 Å². The van der Waals surface area contributed by atoms with Gasteiger partial charge in [0.1, 0.15) is 17.5 Å². The number of ether oxygens (including phenoxy) is 2. The molecule has 0 saturated carbocycles. The van der Waals surface area contributed by atoms with E-state index < -0.39 is 6.04 Å². The van der Waals surface area contributed by atoms with Gasteiger partial charge in [-0.1, -0.05) is 11.6 Å². The van der Waals surface area contributed by atoms with Gasteiger partial charge in [0.05, 0.1) is 19.9 Å². The summed E-state index contributed by atoms with van der Waals surface area (Å²) in [6.45, 7) is 1.66. The van der Waals surface area contributed by atoms with Crippen LogP contribution in [0.25, 0.3) is 10.8 Å². The smallest absolute Gasteiger partial charge is 0.259 e. The highest BCUT2D eigenvalue weighted by Gasteiger charge is 2.19. The minimum Gasteiger partial charge on any atom is -0.497 e. The summed E-state index contributed by atoms with van der Waals surface area (Å²) in [5.41, 5.74) is 0.191. The molecule has 1 unspecified atom stereocenters. The molecule has 1 heterocycles. The van der Waals surface area contributed by atoms with Crippen LogP contribution in [0.1, 0.15) is 13.0 Å². The maximum atomic E-state index is 12.8. The molecule has 0 aliphatic carbocycles. The number of pyridine rings is 1. The van der Waals surface area contributed by atoms with Gasteiger partial charge in [-0.2, -0.15) is 0 Å². The summed E-state index contributed by atoms with van der Waals surface area (Å²) in [5, 5.41) is 4.50. The number of fused-ring (bicyclic) bond motifs is 1. The van der Waals surface area contributed by atoms with E-state index in [9.17, 15) is 9.59 Å². The lowest BCUT2D eigenvalue weighted by atomic mass is 10.1. The van der Waals surface area contributed by atoms with E-state index in [0.717, 1.165) is 5.39 Å². The summed E-state index contributed by atoms with van der Waals surface area (Å²) in [5.74, 6) is 0.793. The van der Waals surface area contributed by atoms with Crippen LogP contribution in [0.4, 0.5) is 5.69 Å². The molecule has 0 saturated heterocycles.